The van der Waals surface area contributed by atoms with E-state index in [0.717, 1.165) is 44.4 Å². The number of hydrogen-bond donors (Lipinski definition) is 0. The van der Waals surface area contributed by atoms with Crippen LogP contribution >= 0.6 is 0 Å². The predicted molar refractivity (Wildman–Crippen MR) is 167 cm³/mol. The molecule has 5 aromatic carbocycles. The van der Waals surface area contributed by atoms with Gasteiger partial charge < -0.3 is 4.42 Å². The van der Waals surface area contributed by atoms with Gasteiger partial charge in [-0.2, -0.15) is 0 Å². The number of rotatable bonds is 5. The molecule has 7 aromatic rings. The fraction of sp³-hybridized carbons (Fsp3) is 0.162. The van der Waals surface area contributed by atoms with Crippen molar-refractivity contribution in [2.24, 2.45) is 0 Å². The van der Waals surface area contributed by atoms with Crippen LogP contribution < -0.4 is 0 Å². The van der Waals surface area contributed by atoms with Crippen LogP contribution in [0.3, 0.4) is 0 Å². The fourth-order valence-electron chi connectivity index (χ4n) is 5.93. The molecule has 2 aromatic heterocycles. The van der Waals surface area contributed by atoms with Crippen LogP contribution in [-0.4, -0.2) is 9.55 Å². The van der Waals surface area contributed by atoms with Crippen LogP contribution in [0.15, 0.2) is 114 Å². The number of aromatic nitrogens is 2. The molecule has 0 aliphatic heterocycles. The van der Waals surface area contributed by atoms with Crippen molar-refractivity contribution >= 4 is 33.0 Å². The Morgan fingerprint density at radius 3 is 1.98 bits per heavy atom. The molecule has 3 heteroatoms. The largest absolute Gasteiger partial charge is 0.456 e. The minimum Gasteiger partial charge on any atom is -0.456 e. The van der Waals surface area contributed by atoms with Gasteiger partial charge in [-0.15, -0.1) is 0 Å². The summed E-state index contributed by atoms with van der Waals surface area (Å²) in [6.07, 6.45) is 0. The fourth-order valence-corrected chi connectivity index (χ4v) is 5.93. The first-order chi connectivity index (χ1) is 19.5. The summed E-state index contributed by atoms with van der Waals surface area (Å²) in [4.78, 5) is 5.24. The van der Waals surface area contributed by atoms with E-state index in [1.165, 1.54) is 27.9 Å². The molecule has 0 saturated carbocycles. The second-order valence-corrected chi connectivity index (χ2v) is 11.2. The Hall–Kier alpha value is -4.63. The van der Waals surface area contributed by atoms with Gasteiger partial charge in [0.05, 0.1) is 16.7 Å². The molecule has 0 spiro atoms. The second-order valence-electron chi connectivity index (χ2n) is 11.2. The summed E-state index contributed by atoms with van der Waals surface area (Å²) in [6, 6.07) is 38.7. The summed E-state index contributed by atoms with van der Waals surface area (Å²) in [5, 5.41) is 2.24. The summed E-state index contributed by atoms with van der Waals surface area (Å²) < 4.78 is 8.55. The monoisotopic (exact) mass is 520 g/mol. The highest BCUT2D eigenvalue weighted by atomic mass is 16.3. The molecule has 40 heavy (non-hydrogen) atoms. The van der Waals surface area contributed by atoms with E-state index in [4.69, 9.17) is 9.40 Å². The van der Waals surface area contributed by atoms with Gasteiger partial charge in [-0.1, -0.05) is 88.4 Å². The van der Waals surface area contributed by atoms with Crippen LogP contribution in [0.1, 0.15) is 50.7 Å². The van der Waals surface area contributed by atoms with Crippen LogP contribution in [0.4, 0.5) is 0 Å². The lowest BCUT2D eigenvalue weighted by Gasteiger charge is -2.24. The van der Waals surface area contributed by atoms with Gasteiger partial charge in [0.25, 0.3) is 0 Å². The number of imidazole rings is 1. The van der Waals surface area contributed by atoms with Crippen molar-refractivity contribution in [3.63, 3.8) is 0 Å². The smallest absolute Gasteiger partial charge is 0.145 e. The number of benzene rings is 5. The Morgan fingerprint density at radius 1 is 0.575 bits per heavy atom. The first-order valence-corrected chi connectivity index (χ1v) is 14.1. The molecule has 0 aliphatic rings. The van der Waals surface area contributed by atoms with E-state index < -0.39 is 0 Å². The van der Waals surface area contributed by atoms with Gasteiger partial charge in [-0.25, -0.2) is 4.98 Å². The van der Waals surface area contributed by atoms with Crippen LogP contribution in [0, 0.1) is 0 Å². The van der Waals surface area contributed by atoms with Crippen molar-refractivity contribution in [3.05, 3.63) is 120 Å². The quantitative estimate of drug-likeness (QED) is 0.226. The van der Waals surface area contributed by atoms with Gasteiger partial charge in [0.1, 0.15) is 17.0 Å². The first kappa shape index (κ1) is 24.4. The molecular weight excluding hydrogens is 488 g/mol. The molecule has 196 valence electrons. The Balaban J connectivity index is 1.55. The zero-order valence-electron chi connectivity index (χ0n) is 23.3. The third-order valence-electron chi connectivity index (χ3n) is 7.94. The van der Waals surface area contributed by atoms with Gasteiger partial charge in [-0.3, -0.25) is 4.57 Å². The van der Waals surface area contributed by atoms with Gasteiger partial charge in [0.15, 0.2) is 0 Å². The molecular formula is C37H32N2O. The highest BCUT2D eigenvalue weighted by molar-refractivity contribution is 6.06. The summed E-state index contributed by atoms with van der Waals surface area (Å²) in [5.74, 6) is 1.60. The van der Waals surface area contributed by atoms with Crippen molar-refractivity contribution in [1.29, 1.82) is 0 Å². The zero-order valence-corrected chi connectivity index (χ0v) is 23.3. The van der Waals surface area contributed by atoms with Gasteiger partial charge in [0, 0.05) is 16.3 Å². The zero-order chi connectivity index (χ0) is 27.4. The number of fused-ring (bicyclic) bond motifs is 4. The summed E-state index contributed by atoms with van der Waals surface area (Å²) in [6.45, 7) is 9.17. The normalized spacial score (nSPS) is 11.9. The molecule has 0 amide bonds. The Kier molecular flexibility index (Phi) is 5.82. The van der Waals surface area contributed by atoms with E-state index in [2.05, 4.69) is 129 Å². The molecule has 0 radical (unpaired) electrons. The third kappa shape index (κ3) is 3.93. The molecule has 0 N–H and O–H groups in total. The Labute approximate surface area is 234 Å². The van der Waals surface area contributed by atoms with Crippen molar-refractivity contribution in [3.8, 4) is 28.2 Å². The van der Waals surface area contributed by atoms with Crippen molar-refractivity contribution in [2.45, 2.75) is 39.5 Å². The predicted octanol–water partition coefficient (Wildman–Crippen LogP) is 10.5. The maximum absolute atomic E-state index is 6.15. The SMILES string of the molecule is CC(C)c1cc(-c2ccccc2)cc(C(C)C)c1-n1c(-c2ccc3oc4ccccc4c3c2)nc2ccccc21. The van der Waals surface area contributed by atoms with Crippen molar-refractivity contribution in [2.75, 3.05) is 0 Å². The van der Waals surface area contributed by atoms with Gasteiger partial charge in [-0.05, 0) is 82.6 Å². The van der Waals surface area contributed by atoms with Gasteiger partial charge >= 0.3 is 0 Å². The minimum atomic E-state index is 0.325. The molecule has 2 heterocycles. The maximum atomic E-state index is 6.15. The molecule has 0 aliphatic carbocycles. The van der Waals surface area contributed by atoms with Crippen LogP contribution in [0.2, 0.25) is 0 Å². The average molecular weight is 521 g/mol. The molecule has 0 bridgehead atoms. The van der Waals surface area contributed by atoms with E-state index >= 15 is 0 Å². The third-order valence-corrected chi connectivity index (χ3v) is 7.94. The van der Waals surface area contributed by atoms with E-state index in [1.807, 2.05) is 12.1 Å². The van der Waals surface area contributed by atoms with E-state index in [-0.39, 0.29) is 0 Å². The average Bonchev–Trinajstić information content (AvgIpc) is 3.55. The lowest BCUT2D eigenvalue weighted by Crippen LogP contribution is -2.09. The molecule has 0 unspecified atom stereocenters. The highest BCUT2D eigenvalue weighted by Gasteiger charge is 2.24. The summed E-state index contributed by atoms with van der Waals surface area (Å²) in [5.41, 5.74) is 11.4. The molecule has 0 atom stereocenters. The lowest BCUT2D eigenvalue weighted by atomic mass is 9.88. The van der Waals surface area contributed by atoms with E-state index in [0.29, 0.717) is 11.8 Å². The lowest BCUT2D eigenvalue weighted by molar-refractivity contribution is 0.669. The van der Waals surface area contributed by atoms with Crippen molar-refractivity contribution < 1.29 is 4.42 Å². The van der Waals surface area contributed by atoms with Gasteiger partial charge in [0.2, 0.25) is 0 Å². The minimum absolute atomic E-state index is 0.325. The summed E-state index contributed by atoms with van der Waals surface area (Å²) >= 11 is 0. The Morgan fingerprint density at radius 2 is 1.23 bits per heavy atom. The number of hydrogen-bond acceptors (Lipinski definition) is 2. The molecule has 7 rings (SSSR count). The molecule has 0 saturated heterocycles. The summed E-state index contributed by atoms with van der Waals surface area (Å²) in [7, 11) is 0. The highest BCUT2D eigenvalue weighted by Crippen LogP contribution is 2.41. The van der Waals surface area contributed by atoms with Crippen LogP contribution in [0.25, 0.3) is 61.2 Å². The maximum Gasteiger partial charge on any atom is 0.145 e. The van der Waals surface area contributed by atoms with Crippen LogP contribution in [-0.2, 0) is 0 Å². The standard InChI is InChI=1S/C37H32N2O/c1-23(2)29-21-27(25-12-6-5-7-13-25)22-30(24(3)4)36(29)39-33-16-10-9-15-32(33)38-37(39)26-18-19-35-31(20-26)28-14-8-11-17-34(28)40-35/h5-24H,1-4H3. The van der Waals surface area contributed by atoms with Crippen LogP contribution in [0.5, 0.6) is 0 Å². The topological polar surface area (TPSA) is 31.0 Å². The number of furan rings is 1. The first-order valence-electron chi connectivity index (χ1n) is 14.1. The van der Waals surface area contributed by atoms with Crippen molar-refractivity contribution in [1.82, 2.24) is 9.55 Å². The van der Waals surface area contributed by atoms with E-state index in [9.17, 15) is 0 Å². The number of nitrogens with zero attached hydrogens (tertiary/aromatic N) is 2. The molecule has 3 nitrogen and oxygen atoms in total. The second kappa shape index (κ2) is 9.53. The number of para-hydroxylation sites is 3. The van der Waals surface area contributed by atoms with E-state index in [1.54, 1.807) is 0 Å². The Bertz CT molecular complexity index is 1980. The molecule has 0 fully saturated rings.